The van der Waals surface area contributed by atoms with E-state index in [1.54, 1.807) is 12.1 Å². The largest absolute Gasteiger partial charge is 0.486 e. The number of amides is 3. The second kappa shape index (κ2) is 8.55. The third kappa shape index (κ3) is 5.43. The Balaban J connectivity index is 1.81. The number of rotatable bonds is 6. The van der Waals surface area contributed by atoms with Crippen molar-refractivity contribution >= 4 is 35.3 Å². The zero-order chi connectivity index (χ0) is 17.5. The van der Waals surface area contributed by atoms with Gasteiger partial charge in [0.25, 0.3) is 0 Å². The van der Waals surface area contributed by atoms with Crippen LogP contribution in [-0.4, -0.2) is 39.9 Å². The molecule has 0 saturated heterocycles. The molecule has 1 aromatic heterocycles. The third-order valence-electron chi connectivity index (χ3n) is 2.83. The molecule has 128 valence electrons. The summed E-state index contributed by atoms with van der Waals surface area (Å²) in [4.78, 5) is 26.7. The molecule has 0 unspecified atom stereocenters. The molecule has 0 aliphatic heterocycles. The third-order valence-corrected chi connectivity index (χ3v) is 4.10. The first-order valence-corrected chi connectivity index (χ1v) is 8.29. The molecule has 0 aliphatic rings. The summed E-state index contributed by atoms with van der Waals surface area (Å²) in [7, 11) is 1.43. The van der Waals surface area contributed by atoms with E-state index >= 15 is 0 Å². The number of ether oxygens (including phenoxy) is 1. The predicted molar refractivity (Wildman–Crippen MR) is 90.2 cm³/mol. The van der Waals surface area contributed by atoms with E-state index in [1.807, 2.05) is 13.0 Å². The van der Waals surface area contributed by atoms with Crippen molar-refractivity contribution in [3.05, 3.63) is 34.6 Å². The SMILES string of the molecule is CNC(=O)NC(=O)CSc1n[nH]c(COc2ccc(Cl)c(C)c2)n1. The molecule has 0 aliphatic carbocycles. The van der Waals surface area contributed by atoms with Crippen LogP contribution in [0, 0.1) is 6.92 Å². The van der Waals surface area contributed by atoms with Crippen LogP contribution < -0.4 is 15.4 Å². The van der Waals surface area contributed by atoms with Gasteiger partial charge in [-0.3, -0.25) is 15.2 Å². The summed E-state index contributed by atoms with van der Waals surface area (Å²) in [6.45, 7) is 2.10. The maximum absolute atomic E-state index is 11.5. The first-order valence-electron chi connectivity index (χ1n) is 6.92. The quantitative estimate of drug-likeness (QED) is 0.671. The molecular weight excluding hydrogens is 354 g/mol. The number of H-pyrrole nitrogens is 1. The van der Waals surface area contributed by atoms with E-state index in [-0.39, 0.29) is 12.4 Å². The van der Waals surface area contributed by atoms with Gasteiger partial charge in [-0.15, -0.1) is 5.10 Å². The van der Waals surface area contributed by atoms with Crippen molar-refractivity contribution in [2.75, 3.05) is 12.8 Å². The number of hydrogen-bond donors (Lipinski definition) is 3. The van der Waals surface area contributed by atoms with E-state index in [2.05, 4.69) is 25.8 Å². The summed E-state index contributed by atoms with van der Waals surface area (Å²) in [6, 6.07) is 4.81. The standard InChI is InChI=1S/C14H16ClN5O3S/c1-8-5-9(3-4-10(8)15)23-6-11-17-14(20-19-11)24-7-12(21)18-13(22)16-2/h3-5H,6-7H2,1-2H3,(H,17,19,20)(H2,16,18,21,22). The lowest BCUT2D eigenvalue weighted by atomic mass is 10.2. The minimum Gasteiger partial charge on any atom is -0.486 e. The van der Waals surface area contributed by atoms with Crippen LogP contribution in [0.1, 0.15) is 11.4 Å². The van der Waals surface area contributed by atoms with Gasteiger partial charge in [-0.1, -0.05) is 23.4 Å². The topological polar surface area (TPSA) is 109 Å². The van der Waals surface area contributed by atoms with Gasteiger partial charge in [0, 0.05) is 12.1 Å². The number of thioether (sulfide) groups is 1. The minimum absolute atomic E-state index is 0.0297. The fourth-order valence-electron chi connectivity index (χ4n) is 1.62. The van der Waals surface area contributed by atoms with Crippen molar-refractivity contribution < 1.29 is 14.3 Å². The van der Waals surface area contributed by atoms with Crippen LogP contribution in [0.25, 0.3) is 0 Å². The van der Waals surface area contributed by atoms with Crippen molar-refractivity contribution in [1.29, 1.82) is 0 Å². The summed E-state index contributed by atoms with van der Waals surface area (Å²) in [5.74, 6) is 0.796. The number of aromatic nitrogens is 3. The second-order valence-electron chi connectivity index (χ2n) is 4.68. The smallest absolute Gasteiger partial charge is 0.321 e. The molecule has 2 aromatic rings. The molecule has 0 atom stereocenters. The maximum Gasteiger partial charge on any atom is 0.321 e. The minimum atomic E-state index is -0.553. The van der Waals surface area contributed by atoms with Gasteiger partial charge < -0.3 is 10.1 Å². The number of nitrogens with one attached hydrogen (secondary N) is 3. The molecule has 8 nitrogen and oxygen atoms in total. The lowest BCUT2D eigenvalue weighted by Crippen LogP contribution is -2.38. The number of benzene rings is 1. The number of hydrogen-bond acceptors (Lipinski definition) is 6. The first-order chi connectivity index (χ1) is 11.5. The highest BCUT2D eigenvalue weighted by Gasteiger charge is 2.10. The molecule has 0 fully saturated rings. The summed E-state index contributed by atoms with van der Waals surface area (Å²) in [6.07, 6.45) is 0. The van der Waals surface area contributed by atoms with Gasteiger partial charge in [-0.2, -0.15) is 0 Å². The number of urea groups is 1. The Hall–Kier alpha value is -2.26. The van der Waals surface area contributed by atoms with Gasteiger partial charge in [0.1, 0.15) is 12.4 Å². The average molecular weight is 370 g/mol. The first kappa shape index (κ1) is 18.1. The Morgan fingerprint density at radius 3 is 2.92 bits per heavy atom. The van der Waals surface area contributed by atoms with Gasteiger partial charge >= 0.3 is 6.03 Å². The Kier molecular flexibility index (Phi) is 6.44. The Bertz CT molecular complexity index is 737. The Morgan fingerprint density at radius 2 is 2.21 bits per heavy atom. The molecule has 0 radical (unpaired) electrons. The molecule has 0 bridgehead atoms. The number of carbonyl (C=O) groups is 2. The monoisotopic (exact) mass is 369 g/mol. The molecule has 2 rings (SSSR count). The van der Waals surface area contributed by atoms with Crippen molar-refractivity contribution in [3.63, 3.8) is 0 Å². The van der Waals surface area contributed by atoms with Crippen LogP contribution in [0.3, 0.4) is 0 Å². The van der Waals surface area contributed by atoms with Gasteiger partial charge in [0.15, 0.2) is 5.82 Å². The van der Waals surface area contributed by atoms with E-state index in [4.69, 9.17) is 16.3 Å². The van der Waals surface area contributed by atoms with Gasteiger partial charge in [0.2, 0.25) is 11.1 Å². The number of carbonyl (C=O) groups excluding carboxylic acids is 2. The number of aromatic amines is 1. The molecule has 24 heavy (non-hydrogen) atoms. The lowest BCUT2D eigenvalue weighted by Gasteiger charge is -2.05. The molecule has 0 saturated carbocycles. The maximum atomic E-state index is 11.5. The van der Waals surface area contributed by atoms with Crippen LogP contribution in [0.5, 0.6) is 5.75 Å². The number of halogens is 1. The normalized spacial score (nSPS) is 10.3. The molecule has 1 aromatic carbocycles. The van der Waals surface area contributed by atoms with Gasteiger partial charge in [0.05, 0.1) is 5.75 Å². The van der Waals surface area contributed by atoms with E-state index in [0.717, 1.165) is 17.3 Å². The number of aryl methyl sites for hydroxylation is 1. The fraction of sp³-hybridized carbons (Fsp3) is 0.286. The molecule has 0 spiro atoms. The molecule has 3 N–H and O–H groups in total. The van der Waals surface area contributed by atoms with Crippen molar-refractivity contribution in [2.45, 2.75) is 18.7 Å². The highest BCUT2D eigenvalue weighted by Crippen LogP contribution is 2.21. The van der Waals surface area contributed by atoms with E-state index in [1.165, 1.54) is 7.05 Å². The molecular formula is C14H16ClN5O3S. The summed E-state index contributed by atoms with van der Waals surface area (Å²) in [5, 5.41) is 12.2. The average Bonchev–Trinajstić information content (AvgIpc) is 3.02. The van der Waals surface area contributed by atoms with Crippen LogP contribution in [0.4, 0.5) is 4.79 Å². The summed E-state index contributed by atoms with van der Waals surface area (Å²) >= 11 is 7.07. The number of nitrogens with zero attached hydrogens (tertiary/aromatic N) is 2. The highest BCUT2D eigenvalue weighted by molar-refractivity contribution is 7.99. The number of imide groups is 1. The van der Waals surface area contributed by atoms with Crippen LogP contribution >= 0.6 is 23.4 Å². The molecule has 10 heteroatoms. The van der Waals surface area contributed by atoms with E-state index in [0.29, 0.717) is 21.8 Å². The van der Waals surface area contributed by atoms with E-state index < -0.39 is 11.9 Å². The second-order valence-corrected chi connectivity index (χ2v) is 6.03. The van der Waals surface area contributed by atoms with Crippen LogP contribution in [-0.2, 0) is 11.4 Å². The fourth-order valence-corrected chi connectivity index (χ4v) is 2.36. The summed E-state index contributed by atoms with van der Waals surface area (Å²) < 4.78 is 5.60. The zero-order valence-electron chi connectivity index (χ0n) is 13.1. The molecule has 1 heterocycles. The van der Waals surface area contributed by atoms with Crippen molar-refractivity contribution in [1.82, 2.24) is 25.8 Å². The van der Waals surface area contributed by atoms with Crippen LogP contribution in [0.2, 0.25) is 5.02 Å². The van der Waals surface area contributed by atoms with Crippen molar-refractivity contribution in [3.8, 4) is 5.75 Å². The zero-order valence-corrected chi connectivity index (χ0v) is 14.6. The highest BCUT2D eigenvalue weighted by atomic mass is 35.5. The Morgan fingerprint density at radius 1 is 1.42 bits per heavy atom. The van der Waals surface area contributed by atoms with Gasteiger partial charge in [-0.25, -0.2) is 9.78 Å². The lowest BCUT2D eigenvalue weighted by molar-refractivity contribution is -0.117. The Labute approximate surface area is 147 Å². The molecule has 3 amide bonds. The van der Waals surface area contributed by atoms with Gasteiger partial charge in [-0.05, 0) is 30.7 Å². The van der Waals surface area contributed by atoms with Crippen LogP contribution in [0.15, 0.2) is 23.4 Å². The predicted octanol–water partition coefficient (Wildman–Crippen LogP) is 1.89. The van der Waals surface area contributed by atoms with E-state index in [9.17, 15) is 9.59 Å². The van der Waals surface area contributed by atoms with Crippen molar-refractivity contribution in [2.24, 2.45) is 0 Å². The summed E-state index contributed by atoms with van der Waals surface area (Å²) in [5.41, 5.74) is 0.921.